The van der Waals surface area contributed by atoms with Crippen molar-refractivity contribution in [2.45, 2.75) is 25.3 Å². The third-order valence-electron chi connectivity index (χ3n) is 3.09. The van der Waals surface area contributed by atoms with Crippen LogP contribution in [0.25, 0.3) is 16.8 Å². The van der Waals surface area contributed by atoms with E-state index in [4.69, 9.17) is 0 Å². The molecule has 0 aliphatic carbocycles. The van der Waals surface area contributed by atoms with E-state index in [1.165, 1.54) is 18.2 Å². The second-order valence-electron chi connectivity index (χ2n) is 4.94. The van der Waals surface area contributed by atoms with Gasteiger partial charge in [-0.05, 0) is 41.0 Å². The molecular weight excluding hydrogens is 329 g/mol. The van der Waals surface area contributed by atoms with Crippen LogP contribution in [-0.4, -0.2) is 13.9 Å². The highest BCUT2D eigenvalue weighted by atomic mass is 32.2. The van der Waals surface area contributed by atoms with Gasteiger partial charge in [0.05, 0.1) is 0 Å². The molecule has 0 fully saturated rings. The number of rotatable bonds is 5. The molecule has 0 N–H and O–H groups in total. The Hall–Kier alpha value is -2.02. The number of unbranched alkanes of at least 4 members (excludes halogenated alkanes) is 1. The molecule has 2 aromatic carbocycles. The Kier molecular flexibility index (Phi) is 4.99. The summed E-state index contributed by atoms with van der Waals surface area (Å²) in [6.07, 6.45) is 5.99. The minimum absolute atomic E-state index is 0.371. The molecule has 0 aliphatic rings. The van der Waals surface area contributed by atoms with E-state index < -0.39 is 15.6 Å². The Morgan fingerprint density at radius 3 is 2.39 bits per heavy atom. The van der Waals surface area contributed by atoms with Crippen molar-refractivity contribution >= 4 is 27.0 Å². The van der Waals surface area contributed by atoms with Gasteiger partial charge in [0.25, 0.3) is 0 Å². The van der Waals surface area contributed by atoms with Gasteiger partial charge in [0, 0.05) is 0 Å². The number of hydrogen-bond donors (Lipinski definition) is 0. The highest BCUT2D eigenvalue weighted by Gasteiger charge is 2.48. The highest BCUT2D eigenvalue weighted by Crippen LogP contribution is 2.29. The fraction of sp³-hybridized carbons (Fsp3) is 0.250. The summed E-state index contributed by atoms with van der Waals surface area (Å²) in [6.45, 7) is 2.07. The highest BCUT2D eigenvalue weighted by molar-refractivity contribution is 7.88. The molecule has 124 valence electrons. The third kappa shape index (κ3) is 4.25. The quantitative estimate of drug-likeness (QED) is 0.573. The summed E-state index contributed by atoms with van der Waals surface area (Å²) >= 11 is 0. The molecule has 0 saturated carbocycles. The smallest absolute Gasteiger partial charge is 0.376 e. The molecule has 0 amide bonds. The maximum absolute atomic E-state index is 12.3. The molecule has 0 heterocycles. The first-order chi connectivity index (χ1) is 10.7. The zero-order valence-corrected chi connectivity index (χ0v) is 13.1. The summed E-state index contributed by atoms with van der Waals surface area (Å²) < 4.78 is 63.1. The van der Waals surface area contributed by atoms with E-state index >= 15 is 0 Å². The van der Waals surface area contributed by atoms with Gasteiger partial charge in [-0.15, -0.1) is 0 Å². The summed E-state index contributed by atoms with van der Waals surface area (Å²) in [5.74, 6) is -0.371. The first kappa shape index (κ1) is 17.3. The van der Waals surface area contributed by atoms with Crippen LogP contribution in [0.4, 0.5) is 13.2 Å². The maximum atomic E-state index is 12.3. The number of halogens is 3. The summed E-state index contributed by atoms with van der Waals surface area (Å²) in [4.78, 5) is 0. The lowest BCUT2D eigenvalue weighted by Gasteiger charge is -2.10. The van der Waals surface area contributed by atoms with E-state index in [0.717, 1.165) is 23.8 Å². The minimum atomic E-state index is -5.65. The van der Waals surface area contributed by atoms with Crippen molar-refractivity contribution in [3.05, 3.63) is 48.0 Å². The van der Waals surface area contributed by atoms with Crippen LogP contribution in [0, 0.1) is 0 Å². The molecule has 7 heteroatoms. The molecule has 3 nitrogen and oxygen atoms in total. The Morgan fingerprint density at radius 2 is 1.74 bits per heavy atom. The second kappa shape index (κ2) is 6.62. The van der Waals surface area contributed by atoms with Gasteiger partial charge in [0.2, 0.25) is 0 Å². The van der Waals surface area contributed by atoms with Gasteiger partial charge in [-0.2, -0.15) is 21.6 Å². The van der Waals surface area contributed by atoms with Crippen LogP contribution < -0.4 is 4.18 Å². The van der Waals surface area contributed by atoms with Crippen molar-refractivity contribution in [3.8, 4) is 5.75 Å². The van der Waals surface area contributed by atoms with Gasteiger partial charge < -0.3 is 4.18 Å². The van der Waals surface area contributed by atoms with Crippen LogP contribution in [0.15, 0.2) is 42.5 Å². The van der Waals surface area contributed by atoms with Crippen LogP contribution in [-0.2, 0) is 10.1 Å². The predicted molar refractivity (Wildman–Crippen MR) is 83.5 cm³/mol. The topological polar surface area (TPSA) is 43.4 Å². The Labute approximate surface area is 132 Å². The molecule has 2 aromatic rings. The van der Waals surface area contributed by atoms with Crippen molar-refractivity contribution in [2.75, 3.05) is 0 Å². The molecule has 0 radical (unpaired) electrons. The van der Waals surface area contributed by atoms with Gasteiger partial charge in [0.1, 0.15) is 5.75 Å². The SMILES string of the molecule is CCCC=Cc1ccc2cc(OS(=O)(=O)C(F)(F)F)ccc2c1. The summed E-state index contributed by atoms with van der Waals surface area (Å²) in [7, 11) is -5.65. The standard InChI is InChI=1S/C16H15F3O3S/c1-2-3-4-5-12-6-7-14-11-15(9-8-13(14)10-12)22-23(20,21)16(17,18)19/h4-11H,2-3H2,1H3. The van der Waals surface area contributed by atoms with Crippen LogP contribution in [0.5, 0.6) is 5.75 Å². The van der Waals surface area contributed by atoms with Crippen LogP contribution in [0.3, 0.4) is 0 Å². The number of benzene rings is 2. The fourth-order valence-electron chi connectivity index (χ4n) is 1.96. The first-order valence-electron chi connectivity index (χ1n) is 6.94. The number of allylic oxidation sites excluding steroid dienone is 1. The van der Waals surface area contributed by atoms with E-state index in [1.54, 1.807) is 12.1 Å². The Bertz CT molecular complexity index is 824. The number of alkyl halides is 3. The lowest BCUT2D eigenvalue weighted by Crippen LogP contribution is -2.28. The van der Waals surface area contributed by atoms with E-state index in [0.29, 0.717) is 5.39 Å². The molecule has 23 heavy (non-hydrogen) atoms. The molecule has 0 aliphatic heterocycles. The monoisotopic (exact) mass is 344 g/mol. The Balaban J connectivity index is 2.29. The van der Waals surface area contributed by atoms with Crippen molar-refractivity contribution < 1.29 is 25.8 Å². The predicted octanol–water partition coefficient (Wildman–Crippen LogP) is 4.88. The zero-order chi connectivity index (χ0) is 17.1. The maximum Gasteiger partial charge on any atom is 0.534 e. The van der Waals surface area contributed by atoms with Gasteiger partial charge in [-0.25, -0.2) is 0 Å². The van der Waals surface area contributed by atoms with E-state index in [9.17, 15) is 21.6 Å². The van der Waals surface area contributed by atoms with Gasteiger partial charge in [0.15, 0.2) is 0 Å². The fourth-order valence-corrected chi connectivity index (χ4v) is 2.41. The second-order valence-corrected chi connectivity index (χ2v) is 6.48. The Morgan fingerprint density at radius 1 is 1.09 bits per heavy atom. The van der Waals surface area contributed by atoms with Crippen LogP contribution in [0.1, 0.15) is 25.3 Å². The molecule has 0 bridgehead atoms. The minimum Gasteiger partial charge on any atom is -0.376 e. The lowest BCUT2D eigenvalue weighted by molar-refractivity contribution is -0.0500. The number of fused-ring (bicyclic) bond motifs is 1. The van der Waals surface area contributed by atoms with Crippen LogP contribution in [0.2, 0.25) is 0 Å². The molecule has 2 rings (SSSR count). The van der Waals surface area contributed by atoms with Gasteiger partial charge in [-0.3, -0.25) is 0 Å². The number of hydrogen-bond acceptors (Lipinski definition) is 3. The third-order valence-corrected chi connectivity index (χ3v) is 4.07. The zero-order valence-electron chi connectivity index (χ0n) is 12.3. The molecule has 0 saturated heterocycles. The van der Waals surface area contributed by atoms with Gasteiger partial charge >= 0.3 is 15.6 Å². The summed E-state index contributed by atoms with van der Waals surface area (Å²) in [6, 6.07) is 9.35. The molecule has 0 unspecified atom stereocenters. The lowest BCUT2D eigenvalue weighted by atomic mass is 10.1. The van der Waals surface area contributed by atoms with Crippen molar-refractivity contribution in [1.82, 2.24) is 0 Å². The molecule has 0 atom stereocenters. The first-order valence-corrected chi connectivity index (χ1v) is 8.35. The molecular formula is C16H15F3O3S. The normalized spacial score (nSPS) is 12.9. The summed E-state index contributed by atoms with van der Waals surface area (Å²) in [5, 5.41) is 1.37. The van der Waals surface area contributed by atoms with E-state index in [-0.39, 0.29) is 5.75 Å². The van der Waals surface area contributed by atoms with Crippen LogP contribution >= 0.6 is 0 Å². The van der Waals surface area contributed by atoms with E-state index in [1.807, 2.05) is 18.2 Å². The largest absolute Gasteiger partial charge is 0.534 e. The van der Waals surface area contributed by atoms with Gasteiger partial charge in [-0.1, -0.05) is 43.7 Å². The van der Waals surface area contributed by atoms with E-state index in [2.05, 4.69) is 11.1 Å². The molecule has 0 aromatic heterocycles. The average molecular weight is 344 g/mol. The average Bonchev–Trinajstić information content (AvgIpc) is 2.46. The molecule has 0 spiro atoms. The van der Waals surface area contributed by atoms with Crippen molar-refractivity contribution in [2.24, 2.45) is 0 Å². The van der Waals surface area contributed by atoms with Crippen molar-refractivity contribution in [1.29, 1.82) is 0 Å². The van der Waals surface area contributed by atoms with Crippen molar-refractivity contribution in [3.63, 3.8) is 0 Å². The summed E-state index contributed by atoms with van der Waals surface area (Å²) in [5.41, 5.74) is -4.49.